The summed E-state index contributed by atoms with van der Waals surface area (Å²) in [5, 5.41) is 5.39. The van der Waals surface area contributed by atoms with E-state index in [4.69, 9.17) is 4.74 Å². The first kappa shape index (κ1) is 17.7. The van der Waals surface area contributed by atoms with Crippen LogP contribution in [0.1, 0.15) is 12.8 Å². The first-order chi connectivity index (χ1) is 14.2. The lowest BCUT2D eigenvalue weighted by atomic mass is 10.0. The standard InChI is InChI=1S/C23H23N5O/c1-27-22-21(15-26-27)20(14-25-23(22)29-2)18-11-17(12-24-13-18)16-5-7-19(8-6-16)28-9-3-4-10-28/h5-8,11-15H,3-4,9-10H2,1-2H3. The average molecular weight is 385 g/mol. The van der Waals surface area contributed by atoms with Crippen molar-refractivity contribution in [2.24, 2.45) is 7.05 Å². The summed E-state index contributed by atoms with van der Waals surface area (Å²) in [6, 6.07) is 10.9. The van der Waals surface area contributed by atoms with E-state index in [1.165, 1.54) is 18.5 Å². The van der Waals surface area contributed by atoms with Gasteiger partial charge in [-0.1, -0.05) is 12.1 Å². The van der Waals surface area contributed by atoms with Crippen molar-refractivity contribution >= 4 is 16.6 Å². The van der Waals surface area contributed by atoms with Crippen LogP contribution in [0.4, 0.5) is 5.69 Å². The van der Waals surface area contributed by atoms with Gasteiger partial charge in [0.1, 0.15) is 5.52 Å². The SMILES string of the molecule is COc1ncc(-c2cncc(-c3ccc(N4CCCC4)cc3)c2)c2cnn(C)c12. The van der Waals surface area contributed by atoms with Crippen molar-refractivity contribution in [3.63, 3.8) is 0 Å². The van der Waals surface area contributed by atoms with Gasteiger partial charge in [0.2, 0.25) is 5.88 Å². The van der Waals surface area contributed by atoms with Gasteiger partial charge in [-0.25, -0.2) is 4.98 Å². The van der Waals surface area contributed by atoms with Crippen LogP contribution in [0.3, 0.4) is 0 Å². The van der Waals surface area contributed by atoms with Crippen molar-refractivity contribution in [3.05, 3.63) is 55.1 Å². The molecule has 6 nitrogen and oxygen atoms in total. The second kappa shape index (κ2) is 7.20. The molecule has 0 aliphatic carbocycles. The van der Waals surface area contributed by atoms with Gasteiger partial charge in [0, 0.05) is 66.5 Å². The van der Waals surface area contributed by atoms with E-state index >= 15 is 0 Å². The molecule has 6 heteroatoms. The van der Waals surface area contributed by atoms with Crippen molar-refractivity contribution < 1.29 is 4.74 Å². The van der Waals surface area contributed by atoms with Crippen LogP contribution < -0.4 is 9.64 Å². The smallest absolute Gasteiger partial charge is 0.239 e. The Labute approximate surface area is 169 Å². The molecule has 5 rings (SSSR count). The number of rotatable bonds is 4. The van der Waals surface area contributed by atoms with Crippen molar-refractivity contribution in [2.45, 2.75) is 12.8 Å². The summed E-state index contributed by atoms with van der Waals surface area (Å²) in [5.41, 5.74) is 6.43. The lowest BCUT2D eigenvalue weighted by Crippen LogP contribution is -2.17. The second-order valence-electron chi connectivity index (χ2n) is 7.41. The Hall–Kier alpha value is -3.41. The molecule has 29 heavy (non-hydrogen) atoms. The maximum absolute atomic E-state index is 5.41. The molecule has 1 saturated heterocycles. The lowest BCUT2D eigenvalue weighted by molar-refractivity contribution is 0.401. The molecule has 0 spiro atoms. The maximum Gasteiger partial charge on any atom is 0.239 e. The molecule has 1 aliphatic heterocycles. The number of pyridine rings is 2. The number of ether oxygens (including phenoxy) is 1. The van der Waals surface area contributed by atoms with Crippen LogP contribution in [0.15, 0.2) is 55.1 Å². The minimum Gasteiger partial charge on any atom is -0.479 e. The number of benzene rings is 1. The number of hydrogen-bond donors (Lipinski definition) is 0. The van der Waals surface area contributed by atoms with Crippen LogP contribution in [0.25, 0.3) is 33.2 Å². The summed E-state index contributed by atoms with van der Waals surface area (Å²) in [5.74, 6) is 0.574. The predicted octanol–water partition coefficient (Wildman–Crippen LogP) is 4.31. The van der Waals surface area contributed by atoms with Gasteiger partial charge in [-0.2, -0.15) is 5.10 Å². The van der Waals surface area contributed by atoms with Gasteiger partial charge in [-0.15, -0.1) is 0 Å². The second-order valence-corrected chi connectivity index (χ2v) is 7.41. The fraction of sp³-hybridized carbons (Fsp3) is 0.261. The van der Waals surface area contributed by atoms with Gasteiger partial charge < -0.3 is 9.64 Å². The van der Waals surface area contributed by atoms with Crippen LogP contribution in [0.2, 0.25) is 0 Å². The molecular formula is C23H23N5O. The van der Waals surface area contributed by atoms with Crippen LogP contribution in [-0.4, -0.2) is 39.9 Å². The molecule has 4 aromatic rings. The van der Waals surface area contributed by atoms with Gasteiger partial charge in [-0.05, 0) is 36.6 Å². The minimum absolute atomic E-state index is 0.574. The Morgan fingerprint density at radius 2 is 1.66 bits per heavy atom. The fourth-order valence-corrected chi connectivity index (χ4v) is 4.11. The highest BCUT2D eigenvalue weighted by atomic mass is 16.5. The maximum atomic E-state index is 5.41. The number of aromatic nitrogens is 4. The van der Waals surface area contributed by atoms with Gasteiger partial charge >= 0.3 is 0 Å². The molecule has 1 aromatic carbocycles. The molecule has 3 aromatic heterocycles. The Morgan fingerprint density at radius 3 is 2.41 bits per heavy atom. The minimum atomic E-state index is 0.574. The average Bonchev–Trinajstić information content (AvgIpc) is 3.44. The normalized spacial score (nSPS) is 13.9. The fourth-order valence-electron chi connectivity index (χ4n) is 4.11. The van der Waals surface area contributed by atoms with E-state index in [2.05, 4.69) is 50.3 Å². The highest BCUT2D eigenvalue weighted by Crippen LogP contribution is 2.34. The Kier molecular flexibility index (Phi) is 4.39. The third-order valence-electron chi connectivity index (χ3n) is 5.66. The van der Waals surface area contributed by atoms with Crippen LogP contribution in [0, 0.1) is 0 Å². The summed E-state index contributed by atoms with van der Waals surface area (Å²) < 4.78 is 7.20. The third kappa shape index (κ3) is 3.10. The van der Waals surface area contributed by atoms with Gasteiger partial charge in [0.05, 0.1) is 13.3 Å². The molecule has 0 N–H and O–H groups in total. The molecule has 1 fully saturated rings. The third-order valence-corrected chi connectivity index (χ3v) is 5.66. The number of hydrogen-bond acceptors (Lipinski definition) is 5. The molecule has 0 amide bonds. The molecular weight excluding hydrogens is 362 g/mol. The van der Waals surface area contributed by atoms with Gasteiger partial charge in [0.25, 0.3) is 0 Å². The Bertz CT molecular complexity index is 1160. The number of fused-ring (bicyclic) bond motifs is 1. The highest BCUT2D eigenvalue weighted by Gasteiger charge is 2.15. The summed E-state index contributed by atoms with van der Waals surface area (Å²) in [6.45, 7) is 2.31. The van der Waals surface area contributed by atoms with E-state index in [0.717, 1.165) is 46.2 Å². The van der Waals surface area contributed by atoms with Crippen molar-refractivity contribution in [2.75, 3.05) is 25.1 Å². The van der Waals surface area contributed by atoms with E-state index < -0.39 is 0 Å². The number of methoxy groups -OCH3 is 1. The first-order valence-electron chi connectivity index (χ1n) is 9.90. The summed E-state index contributed by atoms with van der Waals surface area (Å²) in [4.78, 5) is 11.4. The highest BCUT2D eigenvalue weighted by molar-refractivity contribution is 5.97. The van der Waals surface area contributed by atoms with Crippen molar-refractivity contribution in [3.8, 4) is 28.1 Å². The van der Waals surface area contributed by atoms with E-state index in [1.807, 2.05) is 31.8 Å². The molecule has 0 radical (unpaired) electrons. The predicted molar refractivity (Wildman–Crippen MR) is 115 cm³/mol. The Balaban J connectivity index is 1.53. The van der Waals surface area contributed by atoms with E-state index in [9.17, 15) is 0 Å². The van der Waals surface area contributed by atoms with Crippen LogP contribution >= 0.6 is 0 Å². The zero-order valence-electron chi connectivity index (χ0n) is 16.7. The first-order valence-corrected chi connectivity index (χ1v) is 9.90. The lowest BCUT2D eigenvalue weighted by Gasteiger charge is -2.17. The zero-order valence-corrected chi connectivity index (χ0v) is 16.7. The molecule has 0 saturated carbocycles. The largest absolute Gasteiger partial charge is 0.479 e. The summed E-state index contributed by atoms with van der Waals surface area (Å²) in [6.07, 6.45) is 10.0. The quantitative estimate of drug-likeness (QED) is 0.524. The summed E-state index contributed by atoms with van der Waals surface area (Å²) in [7, 11) is 3.52. The topological polar surface area (TPSA) is 56.1 Å². The van der Waals surface area contributed by atoms with E-state index in [0.29, 0.717) is 5.88 Å². The van der Waals surface area contributed by atoms with Crippen molar-refractivity contribution in [1.29, 1.82) is 0 Å². The molecule has 0 unspecified atom stereocenters. The molecule has 0 bridgehead atoms. The molecule has 4 heterocycles. The van der Waals surface area contributed by atoms with Crippen molar-refractivity contribution in [1.82, 2.24) is 19.7 Å². The number of anilines is 1. The summed E-state index contributed by atoms with van der Waals surface area (Å²) >= 11 is 0. The zero-order chi connectivity index (χ0) is 19.8. The molecule has 146 valence electrons. The van der Waals surface area contributed by atoms with Crippen LogP contribution in [-0.2, 0) is 7.05 Å². The monoisotopic (exact) mass is 385 g/mol. The van der Waals surface area contributed by atoms with Gasteiger partial charge in [0.15, 0.2) is 0 Å². The van der Waals surface area contributed by atoms with Gasteiger partial charge in [-0.3, -0.25) is 9.67 Å². The van der Waals surface area contributed by atoms with E-state index in [1.54, 1.807) is 11.8 Å². The Morgan fingerprint density at radius 1 is 0.897 bits per heavy atom. The molecule has 0 atom stereocenters. The van der Waals surface area contributed by atoms with E-state index in [-0.39, 0.29) is 0 Å². The number of nitrogens with zero attached hydrogens (tertiary/aromatic N) is 5. The molecule has 1 aliphatic rings. The number of aryl methyl sites for hydroxylation is 1. The van der Waals surface area contributed by atoms with Crippen LogP contribution in [0.5, 0.6) is 5.88 Å².